The van der Waals surface area contributed by atoms with Gasteiger partial charge in [0.05, 0.1) is 5.02 Å². The number of fused-ring (bicyclic) bond motifs is 1. The molecular weight excluding hydrogens is 296 g/mol. The smallest absolute Gasteiger partial charge is 0.168 e. The van der Waals surface area contributed by atoms with Gasteiger partial charge in [-0.05, 0) is 41.3 Å². The summed E-state index contributed by atoms with van der Waals surface area (Å²) >= 11 is 5.81. The molecule has 0 radical (unpaired) electrons. The summed E-state index contributed by atoms with van der Waals surface area (Å²) in [5, 5.41) is 0.901. The molecule has 1 heterocycles. The van der Waals surface area contributed by atoms with Crippen molar-refractivity contribution >= 4 is 28.3 Å². The summed E-state index contributed by atoms with van der Waals surface area (Å²) in [4.78, 5) is 15.2. The van der Waals surface area contributed by atoms with Crippen molar-refractivity contribution in [3.05, 3.63) is 70.4 Å². The molecule has 0 aliphatic carbocycles. The van der Waals surface area contributed by atoms with Crippen molar-refractivity contribution in [1.82, 2.24) is 4.98 Å². The van der Waals surface area contributed by atoms with E-state index in [1.807, 2.05) is 30.5 Å². The molecule has 0 spiro atoms. The van der Waals surface area contributed by atoms with Gasteiger partial charge < -0.3 is 4.98 Å². The molecule has 0 unspecified atom stereocenters. The summed E-state index contributed by atoms with van der Waals surface area (Å²) in [6.07, 6.45) is 1.88. The van der Waals surface area contributed by atoms with Crippen LogP contribution in [0.1, 0.15) is 15.9 Å². The molecule has 2 nitrogen and oxygen atoms in total. The second-order valence-corrected chi connectivity index (χ2v) is 5.15. The van der Waals surface area contributed by atoms with Gasteiger partial charge >= 0.3 is 0 Å². The van der Waals surface area contributed by atoms with Crippen LogP contribution in [0, 0.1) is 11.6 Å². The number of halogens is 3. The average molecular weight is 306 g/mol. The third-order valence-corrected chi connectivity index (χ3v) is 3.61. The van der Waals surface area contributed by atoms with Gasteiger partial charge in [-0.3, -0.25) is 4.79 Å². The minimum Gasteiger partial charge on any atom is -0.361 e. The van der Waals surface area contributed by atoms with Gasteiger partial charge in [-0.15, -0.1) is 0 Å². The minimum absolute atomic E-state index is 0.00951. The molecule has 5 heteroatoms. The molecule has 0 saturated carbocycles. The zero-order valence-corrected chi connectivity index (χ0v) is 11.5. The highest BCUT2D eigenvalue weighted by Gasteiger charge is 2.15. The standard InChI is InChI=1S/C16H10ClF2NO/c17-12-8-14(19)13(18)7-11(12)16(21)6-9-1-2-15-10(5-9)3-4-20-15/h1-5,7-8,20H,6H2. The van der Waals surface area contributed by atoms with Crippen molar-refractivity contribution in [2.45, 2.75) is 6.42 Å². The Labute approximate surface area is 124 Å². The van der Waals surface area contributed by atoms with Gasteiger partial charge in [0.25, 0.3) is 0 Å². The molecule has 1 aromatic heterocycles. The van der Waals surface area contributed by atoms with E-state index in [0.29, 0.717) is 0 Å². The lowest BCUT2D eigenvalue weighted by atomic mass is 10.0. The van der Waals surface area contributed by atoms with E-state index in [-0.39, 0.29) is 22.8 Å². The topological polar surface area (TPSA) is 32.9 Å². The zero-order chi connectivity index (χ0) is 15.0. The van der Waals surface area contributed by atoms with Crippen LogP contribution in [-0.2, 0) is 6.42 Å². The van der Waals surface area contributed by atoms with Crippen LogP contribution < -0.4 is 0 Å². The summed E-state index contributed by atoms with van der Waals surface area (Å²) in [5.41, 5.74) is 1.75. The Hall–Kier alpha value is -2.20. The Morgan fingerprint density at radius 3 is 2.67 bits per heavy atom. The van der Waals surface area contributed by atoms with Crippen molar-refractivity contribution in [2.24, 2.45) is 0 Å². The molecular formula is C16H10ClF2NO. The van der Waals surface area contributed by atoms with Crippen LogP contribution in [0.3, 0.4) is 0 Å². The first-order valence-electron chi connectivity index (χ1n) is 6.28. The van der Waals surface area contributed by atoms with Gasteiger partial charge in [-0.2, -0.15) is 0 Å². The third-order valence-electron chi connectivity index (χ3n) is 3.29. The molecule has 0 bridgehead atoms. The molecule has 3 rings (SSSR count). The summed E-state index contributed by atoms with van der Waals surface area (Å²) in [6, 6.07) is 9.11. The van der Waals surface area contributed by atoms with Gasteiger partial charge in [-0.1, -0.05) is 17.7 Å². The number of carbonyl (C=O) groups is 1. The number of Topliss-reactive ketones (excluding diaryl/α,β-unsaturated/α-hetero) is 1. The zero-order valence-electron chi connectivity index (χ0n) is 10.8. The van der Waals surface area contributed by atoms with E-state index in [9.17, 15) is 13.6 Å². The van der Waals surface area contributed by atoms with Crippen LogP contribution in [0.2, 0.25) is 5.02 Å². The van der Waals surface area contributed by atoms with Crippen LogP contribution in [0.15, 0.2) is 42.6 Å². The minimum atomic E-state index is -1.08. The maximum atomic E-state index is 13.2. The second-order valence-electron chi connectivity index (χ2n) is 4.75. The predicted octanol–water partition coefficient (Wildman–Crippen LogP) is 4.52. The number of aromatic nitrogens is 1. The SMILES string of the molecule is O=C(Cc1ccc2[nH]ccc2c1)c1cc(F)c(F)cc1Cl. The largest absolute Gasteiger partial charge is 0.361 e. The number of aromatic amines is 1. The fourth-order valence-corrected chi connectivity index (χ4v) is 2.49. The quantitative estimate of drug-likeness (QED) is 0.560. The molecule has 3 aromatic rings. The molecule has 0 atom stereocenters. The second kappa shape index (κ2) is 5.30. The number of hydrogen-bond acceptors (Lipinski definition) is 1. The fraction of sp³-hybridized carbons (Fsp3) is 0.0625. The lowest BCUT2D eigenvalue weighted by molar-refractivity contribution is 0.0992. The molecule has 0 fully saturated rings. The summed E-state index contributed by atoms with van der Waals surface area (Å²) in [7, 11) is 0. The van der Waals surface area contributed by atoms with Crippen LogP contribution >= 0.6 is 11.6 Å². The van der Waals surface area contributed by atoms with E-state index < -0.39 is 11.6 Å². The highest BCUT2D eigenvalue weighted by atomic mass is 35.5. The Morgan fingerprint density at radius 1 is 1.10 bits per heavy atom. The van der Waals surface area contributed by atoms with Crippen LogP contribution in [0.4, 0.5) is 8.78 Å². The lowest BCUT2D eigenvalue weighted by Crippen LogP contribution is -2.05. The van der Waals surface area contributed by atoms with E-state index in [1.54, 1.807) is 0 Å². The molecule has 1 N–H and O–H groups in total. The Kier molecular flexibility index (Phi) is 3.47. The normalized spacial score (nSPS) is 11.0. The van der Waals surface area contributed by atoms with E-state index in [1.165, 1.54) is 0 Å². The number of hydrogen-bond donors (Lipinski definition) is 1. The molecule has 0 aliphatic heterocycles. The first-order chi connectivity index (χ1) is 10.0. The van der Waals surface area contributed by atoms with Crippen LogP contribution in [0.25, 0.3) is 10.9 Å². The van der Waals surface area contributed by atoms with E-state index in [2.05, 4.69) is 4.98 Å². The maximum Gasteiger partial charge on any atom is 0.168 e. The first kappa shape index (κ1) is 13.8. The fourth-order valence-electron chi connectivity index (χ4n) is 2.23. The van der Waals surface area contributed by atoms with Crippen molar-refractivity contribution in [3.63, 3.8) is 0 Å². The number of carbonyl (C=O) groups excluding carboxylic acids is 1. The molecule has 0 saturated heterocycles. The highest BCUT2D eigenvalue weighted by Crippen LogP contribution is 2.22. The van der Waals surface area contributed by atoms with Crippen molar-refractivity contribution in [3.8, 4) is 0 Å². The third kappa shape index (κ3) is 2.67. The van der Waals surface area contributed by atoms with E-state index in [4.69, 9.17) is 11.6 Å². The van der Waals surface area contributed by atoms with Crippen molar-refractivity contribution in [2.75, 3.05) is 0 Å². The van der Waals surface area contributed by atoms with Crippen molar-refractivity contribution in [1.29, 1.82) is 0 Å². The first-order valence-corrected chi connectivity index (χ1v) is 6.66. The van der Waals surface area contributed by atoms with E-state index >= 15 is 0 Å². The van der Waals surface area contributed by atoms with Crippen LogP contribution in [0.5, 0.6) is 0 Å². The molecule has 2 aromatic carbocycles. The maximum absolute atomic E-state index is 13.2. The van der Waals surface area contributed by atoms with Gasteiger partial charge in [0.1, 0.15) is 0 Å². The number of ketones is 1. The summed E-state index contributed by atoms with van der Waals surface area (Å²) in [5.74, 6) is -2.50. The van der Waals surface area contributed by atoms with Gasteiger partial charge in [0.2, 0.25) is 0 Å². The molecule has 0 amide bonds. The Morgan fingerprint density at radius 2 is 1.86 bits per heavy atom. The Balaban J connectivity index is 1.90. The van der Waals surface area contributed by atoms with Gasteiger partial charge in [0, 0.05) is 23.7 Å². The molecule has 106 valence electrons. The highest BCUT2D eigenvalue weighted by molar-refractivity contribution is 6.34. The average Bonchev–Trinajstić information content (AvgIpc) is 2.90. The number of H-pyrrole nitrogens is 1. The Bertz CT molecular complexity index is 841. The predicted molar refractivity (Wildman–Crippen MR) is 77.7 cm³/mol. The molecule has 21 heavy (non-hydrogen) atoms. The van der Waals surface area contributed by atoms with Gasteiger partial charge in [-0.25, -0.2) is 8.78 Å². The van der Waals surface area contributed by atoms with Crippen LogP contribution in [-0.4, -0.2) is 10.8 Å². The number of benzene rings is 2. The van der Waals surface area contributed by atoms with Crippen molar-refractivity contribution < 1.29 is 13.6 Å². The summed E-state index contributed by atoms with van der Waals surface area (Å²) < 4.78 is 26.2. The lowest BCUT2D eigenvalue weighted by Gasteiger charge is -2.05. The molecule has 0 aliphatic rings. The number of rotatable bonds is 3. The van der Waals surface area contributed by atoms with E-state index in [0.717, 1.165) is 28.6 Å². The monoisotopic (exact) mass is 305 g/mol. The number of nitrogens with one attached hydrogen (secondary N) is 1. The van der Waals surface area contributed by atoms with Gasteiger partial charge in [0.15, 0.2) is 17.4 Å². The summed E-state index contributed by atoms with van der Waals surface area (Å²) in [6.45, 7) is 0.